The standard InChI is InChI=1S/C9H6ClFN2O2/c1-15-9(14)5-2-4(11)3-6-7(5)8(10)13-12-6/h2-3H,1H3,(H,12,13). The van der Waals surface area contributed by atoms with E-state index in [1.165, 1.54) is 13.2 Å². The van der Waals surface area contributed by atoms with Crippen LogP contribution in [0.15, 0.2) is 12.1 Å². The van der Waals surface area contributed by atoms with Gasteiger partial charge in [-0.1, -0.05) is 11.6 Å². The average Bonchev–Trinajstić information content (AvgIpc) is 2.58. The van der Waals surface area contributed by atoms with E-state index in [1.807, 2.05) is 0 Å². The van der Waals surface area contributed by atoms with Gasteiger partial charge in [-0.25, -0.2) is 9.18 Å². The molecule has 0 aliphatic rings. The first-order chi connectivity index (χ1) is 7.13. The highest BCUT2D eigenvalue weighted by atomic mass is 35.5. The van der Waals surface area contributed by atoms with Gasteiger partial charge in [-0.15, -0.1) is 0 Å². The lowest BCUT2D eigenvalue weighted by Gasteiger charge is -2.01. The predicted octanol–water partition coefficient (Wildman–Crippen LogP) is 2.14. The molecule has 4 nitrogen and oxygen atoms in total. The Kier molecular flexibility index (Phi) is 2.32. The number of benzene rings is 1. The molecule has 1 aromatic carbocycles. The number of hydrogen-bond donors (Lipinski definition) is 1. The second kappa shape index (κ2) is 3.51. The highest BCUT2D eigenvalue weighted by molar-refractivity contribution is 6.35. The molecule has 0 saturated heterocycles. The molecule has 1 N–H and O–H groups in total. The maximum atomic E-state index is 13.1. The molecule has 0 saturated carbocycles. The number of fused-ring (bicyclic) bond motifs is 1. The zero-order valence-corrected chi connectivity index (χ0v) is 8.43. The summed E-state index contributed by atoms with van der Waals surface area (Å²) in [5.41, 5.74) is 0.353. The Labute approximate surface area is 89.0 Å². The SMILES string of the molecule is COC(=O)c1cc(F)cc2n[nH]c(Cl)c12. The van der Waals surface area contributed by atoms with Gasteiger partial charge in [0.05, 0.1) is 23.6 Å². The topological polar surface area (TPSA) is 55.0 Å². The van der Waals surface area contributed by atoms with Gasteiger partial charge in [-0.3, -0.25) is 5.10 Å². The van der Waals surface area contributed by atoms with Crippen LogP contribution in [0.3, 0.4) is 0 Å². The molecule has 0 amide bonds. The Bertz CT molecular complexity index is 538. The quantitative estimate of drug-likeness (QED) is 0.761. The van der Waals surface area contributed by atoms with Crippen LogP contribution in [0, 0.1) is 5.82 Å². The number of H-pyrrole nitrogens is 1. The second-order valence-corrected chi connectivity index (χ2v) is 3.25. The molecule has 0 unspecified atom stereocenters. The number of esters is 1. The van der Waals surface area contributed by atoms with Crippen LogP contribution < -0.4 is 0 Å². The molecule has 2 rings (SSSR count). The van der Waals surface area contributed by atoms with E-state index >= 15 is 0 Å². The Morgan fingerprint density at radius 1 is 1.60 bits per heavy atom. The molecule has 1 heterocycles. The fraction of sp³-hybridized carbons (Fsp3) is 0.111. The van der Waals surface area contributed by atoms with Crippen LogP contribution in [0.5, 0.6) is 0 Å². The summed E-state index contributed by atoms with van der Waals surface area (Å²) in [5, 5.41) is 6.77. The number of nitrogens with zero attached hydrogens (tertiary/aromatic N) is 1. The van der Waals surface area contributed by atoms with Crippen LogP contribution in [0.25, 0.3) is 10.9 Å². The summed E-state index contributed by atoms with van der Waals surface area (Å²) in [4.78, 5) is 11.3. The predicted molar refractivity (Wildman–Crippen MR) is 52.4 cm³/mol. The smallest absolute Gasteiger partial charge is 0.338 e. The lowest BCUT2D eigenvalue weighted by atomic mass is 10.1. The molecule has 0 fully saturated rings. The molecule has 6 heteroatoms. The highest BCUT2D eigenvalue weighted by Crippen LogP contribution is 2.26. The first-order valence-corrected chi connectivity index (χ1v) is 4.42. The molecule has 0 atom stereocenters. The number of carbonyl (C=O) groups is 1. The van der Waals surface area contributed by atoms with Gasteiger partial charge in [0.25, 0.3) is 0 Å². The number of ether oxygens (including phenoxy) is 1. The van der Waals surface area contributed by atoms with Crippen LogP contribution in [0.4, 0.5) is 4.39 Å². The van der Waals surface area contributed by atoms with E-state index in [0.29, 0.717) is 10.9 Å². The fourth-order valence-electron chi connectivity index (χ4n) is 1.35. The van der Waals surface area contributed by atoms with E-state index in [9.17, 15) is 9.18 Å². The van der Waals surface area contributed by atoms with Gasteiger partial charge in [0.15, 0.2) is 0 Å². The van der Waals surface area contributed by atoms with E-state index < -0.39 is 11.8 Å². The number of hydrogen-bond acceptors (Lipinski definition) is 3. The molecule has 78 valence electrons. The number of carbonyl (C=O) groups excluding carboxylic acids is 1. The van der Waals surface area contributed by atoms with E-state index in [0.717, 1.165) is 6.07 Å². The third kappa shape index (κ3) is 1.55. The van der Waals surface area contributed by atoms with Crippen LogP contribution in [-0.2, 0) is 4.74 Å². The van der Waals surface area contributed by atoms with Crippen LogP contribution in [-0.4, -0.2) is 23.3 Å². The van der Waals surface area contributed by atoms with Crippen molar-refractivity contribution in [3.63, 3.8) is 0 Å². The van der Waals surface area contributed by atoms with Crippen LogP contribution >= 0.6 is 11.6 Å². The van der Waals surface area contributed by atoms with E-state index in [4.69, 9.17) is 11.6 Å². The van der Waals surface area contributed by atoms with Crippen molar-refractivity contribution >= 4 is 28.5 Å². The molecule has 0 spiro atoms. The normalized spacial score (nSPS) is 10.6. The van der Waals surface area contributed by atoms with Gasteiger partial charge >= 0.3 is 5.97 Å². The number of rotatable bonds is 1. The fourth-order valence-corrected chi connectivity index (χ4v) is 1.59. The van der Waals surface area contributed by atoms with Gasteiger partial charge in [0.2, 0.25) is 0 Å². The minimum Gasteiger partial charge on any atom is -0.465 e. The van der Waals surface area contributed by atoms with Crippen molar-refractivity contribution in [1.29, 1.82) is 0 Å². The second-order valence-electron chi connectivity index (χ2n) is 2.88. The van der Waals surface area contributed by atoms with E-state index in [2.05, 4.69) is 14.9 Å². The zero-order valence-electron chi connectivity index (χ0n) is 7.67. The molecule has 0 aliphatic heterocycles. The van der Waals surface area contributed by atoms with Crippen molar-refractivity contribution in [1.82, 2.24) is 10.2 Å². The summed E-state index contributed by atoms with van der Waals surface area (Å²) in [5.74, 6) is -1.21. The molecule has 0 aliphatic carbocycles. The largest absolute Gasteiger partial charge is 0.465 e. The van der Waals surface area contributed by atoms with Gasteiger partial charge < -0.3 is 4.74 Å². The Balaban J connectivity index is 2.80. The lowest BCUT2D eigenvalue weighted by molar-refractivity contribution is 0.0602. The Morgan fingerprint density at radius 3 is 3.00 bits per heavy atom. The minimum atomic E-state index is -0.650. The van der Waals surface area contributed by atoms with Crippen LogP contribution in [0.2, 0.25) is 5.15 Å². The van der Waals surface area contributed by atoms with E-state index in [1.54, 1.807) is 0 Å². The average molecular weight is 229 g/mol. The van der Waals surface area contributed by atoms with Crippen molar-refractivity contribution in [2.45, 2.75) is 0 Å². The van der Waals surface area contributed by atoms with Crippen LogP contribution in [0.1, 0.15) is 10.4 Å². The number of methoxy groups -OCH3 is 1. The summed E-state index contributed by atoms with van der Waals surface area (Å²) in [6.45, 7) is 0. The Hall–Kier alpha value is -1.62. The number of aromatic amines is 1. The van der Waals surface area contributed by atoms with Gasteiger partial charge in [0, 0.05) is 6.07 Å². The maximum absolute atomic E-state index is 13.1. The highest BCUT2D eigenvalue weighted by Gasteiger charge is 2.16. The van der Waals surface area contributed by atoms with Gasteiger partial charge in [-0.05, 0) is 6.07 Å². The molecule has 15 heavy (non-hydrogen) atoms. The first-order valence-electron chi connectivity index (χ1n) is 4.05. The molecular formula is C9H6ClFN2O2. The monoisotopic (exact) mass is 228 g/mol. The molecule has 2 aromatic rings. The van der Waals surface area contributed by atoms with Gasteiger partial charge in [-0.2, -0.15) is 5.10 Å². The Morgan fingerprint density at radius 2 is 2.33 bits per heavy atom. The molecule has 0 radical (unpaired) electrons. The van der Waals surface area contributed by atoms with E-state index in [-0.39, 0.29) is 10.7 Å². The third-order valence-corrected chi connectivity index (χ3v) is 2.26. The number of halogens is 2. The molecule has 0 bridgehead atoms. The molecule has 1 aromatic heterocycles. The summed E-state index contributed by atoms with van der Waals surface area (Å²) in [7, 11) is 1.22. The van der Waals surface area contributed by atoms with Crippen molar-refractivity contribution in [2.24, 2.45) is 0 Å². The minimum absolute atomic E-state index is 0.0613. The van der Waals surface area contributed by atoms with Crippen molar-refractivity contribution < 1.29 is 13.9 Å². The summed E-state index contributed by atoms with van der Waals surface area (Å²) < 4.78 is 17.6. The van der Waals surface area contributed by atoms with Crippen molar-refractivity contribution in [3.05, 3.63) is 28.7 Å². The zero-order chi connectivity index (χ0) is 11.0. The molecular weight excluding hydrogens is 223 g/mol. The summed E-state index contributed by atoms with van der Waals surface area (Å²) in [6.07, 6.45) is 0. The summed E-state index contributed by atoms with van der Waals surface area (Å²) >= 11 is 5.78. The lowest BCUT2D eigenvalue weighted by Crippen LogP contribution is -2.02. The number of nitrogens with one attached hydrogen (secondary N) is 1. The summed E-state index contributed by atoms with van der Waals surface area (Å²) in [6, 6.07) is 2.25. The van der Waals surface area contributed by atoms with Gasteiger partial charge in [0.1, 0.15) is 11.0 Å². The van der Waals surface area contributed by atoms with Crippen molar-refractivity contribution in [3.8, 4) is 0 Å². The number of aromatic nitrogens is 2. The first kappa shape index (κ1) is 9.92. The third-order valence-electron chi connectivity index (χ3n) is 1.98. The van der Waals surface area contributed by atoms with Crippen molar-refractivity contribution in [2.75, 3.05) is 7.11 Å². The maximum Gasteiger partial charge on any atom is 0.338 e.